The second kappa shape index (κ2) is 2.31. The number of rotatable bonds is 0. The largest absolute Gasteiger partial charge is 0.473 e. The monoisotopic (exact) mass is 150 g/mol. The Hall–Kier alpha value is -1.02. The summed E-state index contributed by atoms with van der Waals surface area (Å²) in [5.41, 5.74) is 1.23. The summed E-state index contributed by atoms with van der Waals surface area (Å²) < 4.78 is 4.98. The van der Waals surface area contributed by atoms with Crippen molar-refractivity contribution in [3.05, 3.63) is 34.4 Å². The summed E-state index contributed by atoms with van der Waals surface area (Å²) in [4.78, 5) is 1.26. The molecule has 0 atom stereocenters. The van der Waals surface area contributed by atoms with E-state index in [1.54, 1.807) is 23.9 Å². The van der Waals surface area contributed by atoms with Crippen molar-refractivity contribution in [1.29, 1.82) is 0 Å². The Morgan fingerprint density at radius 3 is 3.10 bits per heavy atom. The van der Waals surface area contributed by atoms with Crippen molar-refractivity contribution in [2.45, 2.75) is 0 Å². The zero-order valence-electron chi connectivity index (χ0n) is 5.28. The van der Waals surface area contributed by atoms with Crippen molar-refractivity contribution in [2.75, 3.05) is 0 Å². The molecule has 50 valence electrons. The topological polar surface area (TPSA) is 9.23 Å². The Bertz CT molecular complexity index is 257. The third kappa shape index (κ3) is 0.866. The van der Waals surface area contributed by atoms with Crippen molar-refractivity contribution in [3.8, 4) is 0 Å². The van der Waals surface area contributed by atoms with Gasteiger partial charge in [-0.25, -0.2) is 0 Å². The van der Waals surface area contributed by atoms with E-state index in [9.17, 15) is 0 Å². The molecular formula is C8H6OS. The number of fused-ring (bicyclic) bond motifs is 1. The standard InChI is InChI=1S/C8H6OS/c1-4-9-5-2-8-7(1)3-6-10-8/h1-6H. The molecule has 0 bridgehead atoms. The quantitative estimate of drug-likeness (QED) is 0.552. The maximum atomic E-state index is 4.98. The molecule has 0 radical (unpaired) electrons. The Morgan fingerprint density at radius 1 is 1.20 bits per heavy atom. The molecule has 2 heteroatoms. The second-order valence-corrected chi connectivity index (χ2v) is 2.93. The van der Waals surface area contributed by atoms with Gasteiger partial charge in [0.05, 0.1) is 12.5 Å². The van der Waals surface area contributed by atoms with Crippen LogP contribution in [0, 0.1) is 0 Å². The Kier molecular flexibility index (Phi) is 1.32. The summed E-state index contributed by atoms with van der Waals surface area (Å²) >= 11 is 1.72. The fourth-order valence-corrected chi connectivity index (χ4v) is 1.63. The Labute approximate surface area is 63.3 Å². The minimum absolute atomic E-state index is 1.23. The maximum absolute atomic E-state index is 4.98. The molecule has 0 unspecified atom stereocenters. The van der Waals surface area contributed by atoms with E-state index >= 15 is 0 Å². The molecule has 0 amide bonds. The van der Waals surface area contributed by atoms with Gasteiger partial charge in [0.2, 0.25) is 0 Å². The van der Waals surface area contributed by atoms with Crippen molar-refractivity contribution in [3.63, 3.8) is 0 Å². The first-order valence-corrected chi connectivity index (χ1v) is 3.91. The van der Waals surface area contributed by atoms with E-state index in [0.29, 0.717) is 0 Å². The van der Waals surface area contributed by atoms with Gasteiger partial charge in [-0.3, -0.25) is 0 Å². The Balaban J connectivity index is 2.56. The average Bonchev–Trinajstić information content (AvgIpc) is 2.28. The molecule has 1 aliphatic rings. The molecular weight excluding hydrogens is 144 g/mol. The highest BCUT2D eigenvalue weighted by Crippen LogP contribution is 2.21. The van der Waals surface area contributed by atoms with Crippen molar-refractivity contribution >= 4 is 23.5 Å². The molecule has 0 saturated heterocycles. The van der Waals surface area contributed by atoms with E-state index in [4.69, 9.17) is 4.74 Å². The van der Waals surface area contributed by atoms with Gasteiger partial charge < -0.3 is 4.74 Å². The van der Waals surface area contributed by atoms with Crippen LogP contribution in [0.1, 0.15) is 10.4 Å². The maximum Gasteiger partial charge on any atom is 0.0915 e. The number of thiophene rings is 1. The minimum Gasteiger partial charge on any atom is -0.473 e. The highest BCUT2D eigenvalue weighted by atomic mass is 32.1. The van der Waals surface area contributed by atoms with Gasteiger partial charge in [-0.1, -0.05) is 0 Å². The van der Waals surface area contributed by atoms with Crippen LogP contribution >= 0.6 is 11.3 Å². The molecule has 0 spiro atoms. The predicted molar refractivity (Wildman–Crippen MR) is 43.5 cm³/mol. The van der Waals surface area contributed by atoms with Crippen LogP contribution in [0.4, 0.5) is 0 Å². The molecule has 0 N–H and O–H groups in total. The van der Waals surface area contributed by atoms with Crippen molar-refractivity contribution in [1.82, 2.24) is 0 Å². The van der Waals surface area contributed by atoms with Crippen molar-refractivity contribution in [2.24, 2.45) is 0 Å². The van der Waals surface area contributed by atoms with Crippen LogP contribution in [-0.4, -0.2) is 0 Å². The molecule has 1 aromatic heterocycles. The second-order valence-electron chi connectivity index (χ2n) is 1.98. The lowest BCUT2D eigenvalue weighted by Gasteiger charge is -1.83. The fraction of sp³-hybridized carbons (Fsp3) is 0. The van der Waals surface area contributed by atoms with E-state index in [1.807, 2.05) is 12.2 Å². The van der Waals surface area contributed by atoms with E-state index in [1.165, 1.54) is 10.4 Å². The minimum atomic E-state index is 1.23. The first-order chi connectivity index (χ1) is 4.97. The van der Waals surface area contributed by atoms with Gasteiger partial charge in [-0.05, 0) is 29.2 Å². The normalized spacial score (nSPS) is 14.0. The van der Waals surface area contributed by atoms with E-state index < -0.39 is 0 Å². The number of hydrogen-bond acceptors (Lipinski definition) is 2. The van der Waals surface area contributed by atoms with Gasteiger partial charge in [0.1, 0.15) is 0 Å². The summed E-state index contributed by atoms with van der Waals surface area (Å²) in [6, 6.07) is 2.08. The van der Waals surface area contributed by atoms with E-state index in [0.717, 1.165) is 0 Å². The third-order valence-corrected chi connectivity index (χ3v) is 2.25. The van der Waals surface area contributed by atoms with Gasteiger partial charge in [-0.15, -0.1) is 11.3 Å². The molecule has 1 nitrogen and oxygen atoms in total. The van der Waals surface area contributed by atoms with Gasteiger partial charge >= 0.3 is 0 Å². The van der Waals surface area contributed by atoms with Crippen LogP contribution in [0.3, 0.4) is 0 Å². The molecule has 10 heavy (non-hydrogen) atoms. The first kappa shape index (κ1) is 5.74. The summed E-state index contributed by atoms with van der Waals surface area (Å²) in [7, 11) is 0. The number of ether oxygens (including phenoxy) is 1. The zero-order chi connectivity index (χ0) is 6.81. The molecule has 1 aromatic rings. The van der Waals surface area contributed by atoms with Gasteiger partial charge in [0, 0.05) is 4.88 Å². The summed E-state index contributed by atoms with van der Waals surface area (Å²) in [5, 5.41) is 2.07. The lowest BCUT2D eigenvalue weighted by Crippen LogP contribution is -1.64. The summed E-state index contributed by atoms with van der Waals surface area (Å²) in [6.07, 6.45) is 7.32. The summed E-state index contributed by atoms with van der Waals surface area (Å²) in [5.74, 6) is 0. The molecule has 2 heterocycles. The highest BCUT2D eigenvalue weighted by molar-refractivity contribution is 7.11. The van der Waals surface area contributed by atoms with Crippen LogP contribution in [-0.2, 0) is 4.74 Å². The van der Waals surface area contributed by atoms with E-state index in [-0.39, 0.29) is 0 Å². The van der Waals surface area contributed by atoms with Crippen molar-refractivity contribution < 1.29 is 4.74 Å². The smallest absolute Gasteiger partial charge is 0.0915 e. The zero-order valence-corrected chi connectivity index (χ0v) is 6.10. The van der Waals surface area contributed by atoms with Crippen LogP contribution in [0.2, 0.25) is 0 Å². The average molecular weight is 150 g/mol. The van der Waals surface area contributed by atoms with Crippen LogP contribution in [0.15, 0.2) is 24.0 Å². The Morgan fingerprint density at radius 2 is 2.10 bits per heavy atom. The van der Waals surface area contributed by atoms with E-state index in [2.05, 4.69) is 11.4 Å². The molecule has 1 aliphatic heterocycles. The SMILES string of the molecule is C1=Cc2ccsc2C=CO1. The van der Waals surface area contributed by atoms with Crippen LogP contribution < -0.4 is 0 Å². The van der Waals surface area contributed by atoms with Crippen LogP contribution in [0.5, 0.6) is 0 Å². The van der Waals surface area contributed by atoms with Gasteiger partial charge in [-0.2, -0.15) is 0 Å². The predicted octanol–water partition coefficient (Wildman–Crippen LogP) is 2.72. The third-order valence-electron chi connectivity index (χ3n) is 1.35. The molecule has 0 fully saturated rings. The molecule has 0 saturated carbocycles. The summed E-state index contributed by atoms with van der Waals surface area (Å²) in [6.45, 7) is 0. The lowest BCUT2D eigenvalue weighted by molar-refractivity contribution is 0.411. The van der Waals surface area contributed by atoms with Crippen LogP contribution in [0.25, 0.3) is 12.2 Å². The van der Waals surface area contributed by atoms with Gasteiger partial charge in [0.15, 0.2) is 0 Å². The van der Waals surface area contributed by atoms with Gasteiger partial charge in [0.25, 0.3) is 0 Å². The highest BCUT2D eigenvalue weighted by Gasteiger charge is 1.98. The molecule has 0 aromatic carbocycles. The number of hydrogen-bond donors (Lipinski definition) is 0. The molecule has 0 aliphatic carbocycles. The molecule has 2 rings (SSSR count). The fourth-order valence-electron chi connectivity index (χ4n) is 0.863. The lowest BCUT2D eigenvalue weighted by atomic mass is 10.2. The first-order valence-electron chi connectivity index (χ1n) is 3.03.